The van der Waals surface area contributed by atoms with Crippen molar-refractivity contribution in [1.82, 2.24) is 10.2 Å². The van der Waals surface area contributed by atoms with Gasteiger partial charge in [-0.3, -0.25) is 4.79 Å². The van der Waals surface area contributed by atoms with E-state index in [1.807, 2.05) is 11.8 Å². The van der Waals surface area contributed by atoms with E-state index in [0.29, 0.717) is 18.5 Å². The molecule has 1 spiro atoms. The van der Waals surface area contributed by atoms with Crippen LogP contribution in [0.3, 0.4) is 0 Å². The van der Waals surface area contributed by atoms with Crippen molar-refractivity contribution >= 4 is 5.91 Å². The van der Waals surface area contributed by atoms with Crippen LogP contribution < -0.4 is 5.32 Å². The van der Waals surface area contributed by atoms with Crippen LogP contribution in [0.1, 0.15) is 44.2 Å². The molecule has 3 rings (SSSR count). The predicted octanol–water partition coefficient (Wildman–Crippen LogP) is 3.02. The summed E-state index contributed by atoms with van der Waals surface area (Å²) in [5, 5.41) is 3.36. The van der Waals surface area contributed by atoms with E-state index in [9.17, 15) is 13.6 Å². The molecule has 0 aliphatic carbocycles. The highest BCUT2D eigenvalue weighted by atomic mass is 19.1. The topological polar surface area (TPSA) is 32.3 Å². The van der Waals surface area contributed by atoms with Crippen molar-refractivity contribution in [2.45, 2.75) is 38.6 Å². The van der Waals surface area contributed by atoms with Crippen LogP contribution in [0.25, 0.3) is 0 Å². The van der Waals surface area contributed by atoms with Crippen LogP contribution in [-0.2, 0) is 4.79 Å². The smallest absolute Gasteiger partial charge is 0.223 e. The van der Waals surface area contributed by atoms with Gasteiger partial charge in [0.15, 0.2) is 0 Å². The van der Waals surface area contributed by atoms with E-state index < -0.39 is 11.6 Å². The molecule has 5 heteroatoms. The van der Waals surface area contributed by atoms with E-state index in [1.165, 1.54) is 12.1 Å². The molecule has 0 radical (unpaired) electrons. The van der Waals surface area contributed by atoms with Crippen molar-refractivity contribution in [3.05, 3.63) is 35.4 Å². The molecule has 1 unspecified atom stereocenters. The number of benzene rings is 1. The number of hydrogen-bond donors (Lipinski definition) is 1. The van der Waals surface area contributed by atoms with Crippen molar-refractivity contribution in [2.75, 3.05) is 19.6 Å². The fourth-order valence-electron chi connectivity index (χ4n) is 3.76. The Bertz CT molecular complexity index is 550. The van der Waals surface area contributed by atoms with Gasteiger partial charge in [0.2, 0.25) is 5.91 Å². The van der Waals surface area contributed by atoms with E-state index >= 15 is 0 Å². The first-order valence-corrected chi connectivity index (χ1v) is 7.95. The molecule has 1 atom stereocenters. The lowest BCUT2D eigenvalue weighted by atomic mass is 9.72. The minimum absolute atomic E-state index is 0.0846. The Morgan fingerprint density at radius 3 is 2.41 bits per heavy atom. The molecular formula is C17H22F2N2O. The standard InChI is InChI=1S/C17H22F2N2O/c1-12(13-8-14(18)10-15(19)9-13)21-11-17(3-2-16(21)22)4-6-20-7-5-17/h8-10,12,20H,2-7,11H2,1H3. The van der Waals surface area contributed by atoms with Gasteiger partial charge in [-0.2, -0.15) is 0 Å². The monoisotopic (exact) mass is 308 g/mol. The minimum Gasteiger partial charge on any atom is -0.335 e. The highest BCUT2D eigenvalue weighted by molar-refractivity contribution is 5.77. The highest BCUT2D eigenvalue weighted by Crippen LogP contribution is 2.41. The van der Waals surface area contributed by atoms with Crippen LogP contribution in [0.5, 0.6) is 0 Å². The Balaban J connectivity index is 1.83. The highest BCUT2D eigenvalue weighted by Gasteiger charge is 2.41. The number of carbonyl (C=O) groups excluding carboxylic acids is 1. The van der Waals surface area contributed by atoms with Gasteiger partial charge in [0, 0.05) is 19.0 Å². The predicted molar refractivity (Wildman–Crippen MR) is 80.3 cm³/mol. The maximum atomic E-state index is 13.4. The lowest BCUT2D eigenvalue weighted by Gasteiger charge is -2.47. The Labute approximate surface area is 129 Å². The van der Waals surface area contributed by atoms with Crippen LogP contribution in [-0.4, -0.2) is 30.4 Å². The molecule has 0 aromatic heterocycles. The van der Waals surface area contributed by atoms with Crippen molar-refractivity contribution in [3.63, 3.8) is 0 Å². The Hall–Kier alpha value is -1.49. The van der Waals surface area contributed by atoms with Gasteiger partial charge in [0.25, 0.3) is 0 Å². The molecule has 2 saturated heterocycles. The van der Waals surface area contributed by atoms with Crippen LogP contribution in [0.15, 0.2) is 18.2 Å². The molecule has 0 saturated carbocycles. The first-order chi connectivity index (χ1) is 10.5. The van der Waals surface area contributed by atoms with Crippen molar-refractivity contribution < 1.29 is 13.6 Å². The summed E-state index contributed by atoms with van der Waals surface area (Å²) in [6.45, 7) is 4.50. The second-order valence-electron chi connectivity index (χ2n) is 6.65. The summed E-state index contributed by atoms with van der Waals surface area (Å²) >= 11 is 0. The van der Waals surface area contributed by atoms with Crippen LogP contribution in [0.2, 0.25) is 0 Å². The van der Waals surface area contributed by atoms with Crippen LogP contribution in [0.4, 0.5) is 8.78 Å². The van der Waals surface area contributed by atoms with Gasteiger partial charge >= 0.3 is 0 Å². The zero-order valence-corrected chi connectivity index (χ0v) is 12.9. The number of rotatable bonds is 2. The lowest BCUT2D eigenvalue weighted by Crippen LogP contribution is -2.51. The third-order valence-corrected chi connectivity index (χ3v) is 5.19. The zero-order valence-electron chi connectivity index (χ0n) is 12.9. The molecule has 2 aliphatic rings. The fourth-order valence-corrected chi connectivity index (χ4v) is 3.76. The minimum atomic E-state index is -0.595. The number of carbonyl (C=O) groups is 1. The number of hydrogen-bond acceptors (Lipinski definition) is 2. The van der Waals surface area contributed by atoms with Crippen molar-refractivity contribution in [3.8, 4) is 0 Å². The molecule has 1 aromatic carbocycles. The maximum Gasteiger partial charge on any atom is 0.223 e. The normalized spacial score (nSPS) is 22.9. The van der Waals surface area contributed by atoms with Gasteiger partial charge in [-0.05, 0) is 62.4 Å². The summed E-state index contributed by atoms with van der Waals surface area (Å²) in [5.74, 6) is -1.10. The Morgan fingerprint density at radius 2 is 1.77 bits per heavy atom. The molecule has 2 heterocycles. The van der Waals surface area contributed by atoms with Gasteiger partial charge in [-0.25, -0.2) is 8.78 Å². The van der Waals surface area contributed by atoms with Gasteiger partial charge in [-0.1, -0.05) is 0 Å². The van der Waals surface area contributed by atoms with Gasteiger partial charge in [-0.15, -0.1) is 0 Å². The first-order valence-electron chi connectivity index (χ1n) is 7.95. The third kappa shape index (κ3) is 3.00. The molecule has 1 N–H and O–H groups in total. The second kappa shape index (κ2) is 5.95. The fraction of sp³-hybridized carbons (Fsp3) is 0.588. The number of nitrogens with zero attached hydrogens (tertiary/aromatic N) is 1. The summed E-state index contributed by atoms with van der Waals surface area (Å²) in [5.41, 5.74) is 0.691. The van der Waals surface area contributed by atoms with Gasteiger partial charge in [0.1, 0.15) is 11.6 Å². The number of halogens is 2. The summed E-state index contributed by atoms with van der Waals surface area (Å²) in [4.78, 5) is 14.1. The van der Waals surface area contributed by atoms with Gasteiger partial charge in [0.05, 0.1) is 6.04 Å². The average Bonchev–Trinajstić information content (AvgIpc) is 2.49. The van der Waals surface area contributed by atoms with Crippen LogP contribution in [0, 0.1) is 17.0 Å². The lowest BCUT2D eigenvalue weighted by molar-refractivity contribution is -0.141. The summed E-state index contributed by atoms with van der Waals surface area (Å²) < 4.78 is 26.9. The molecule has 0 bridgehead atoms. The summed E-state index contributed by atoms with van der Waals surface area (Å²) in [7, 11) is 0. The quantitative estimate of drug-likeness (QED) is 0.911. The number of amides is 1. The molecular weight excluding hydrogens is 286 g/mol. The molecule has 1 amide bonds. The number of likely N-dealkylation sites (tertiary alicyclic amines) is 1. The molecule has 2 fully saturated rings. The van der Waals surface area contributed by atoms with Crippen molar-refractivity contribution in [2.24, 2.45) is 5.41 Å². The molecule has 2 aliphatic heterocycles. The first kappa shape index (κ1) is 15.4. The van der Waals surface area contributed by atoms with E-state index in [0.717, 1.165) is 38.4 Å². The second-order valence-corrected chi connectivity index (χ2v) is 6.65. The molecule has 3 nitrogen and oxygen atoms in total. The zero-order chi connectivity index (χ0) is 15.7. The third-order valence-electron chi connectivity index (χ3n) is 5.19. The van der Waals surface area contributed by atoms with Crippen LogP contribution >= 0.6 is 0 Å². The van der Waals surface area contributed by atoms with E-state index in [4.69, 9.17) is 0 Å². The maximum absolute atomic E-state index is 13.4. The average molecular weight is 308 g/mol. The molecule has 1 aromatic rings. The van der Waals surface area contributed by atoms with E-state index in [2.05, 4.69) is 5.32 Å². The molecule has 120 valence electrons. The van der Waals surface area contributed by atoms with E-state index in [-0.39, 0.29) is 17.4 Å². The SMILES string of the molecule is CC(c1cc(F)cc(F)c1)N1CC2(CCNCC2)CCC1=O. The van der Waals surface area contributed by atoms with Crippen molar-refractivity contribution in [1.29, 1.82) is 0 Å². The summed E-state index contributed by atoms with van der Waals surface area (Å²) in [6, 6.07) is 3.21. The number of nitrogens with one attached hydrogen (secondary N) is 1. The largest absolute Gasteiger partial charge is 0.335 e. The Morgan fingerprint density at radius 1 is 1.14 bits per heavy atom. The summed E-state index contributed by atoms with van der Waals surface area (Å²) in [6.07, 6.45) is 3.57. The molecule has 22 heavy (non-hydrogen) atoms. The van der Waals surface area contributed by atoms with E-state index in [1.54, 1.807) is 0 Å². The number of piperidine rings is 2. The van der Waals surface area contributed by atoms with Gasteiger partial charge < -0.3 is 10.2 Å². The Kier molecular flexibility index (Phi) is 4.17.